The van der Waals surface area contributed by atoms with Gasteiger partial charge in [-0.2, -0.15) is 4.80 Å². The number of hydrogen-bond donors (Lipinski definition) is 1. The summed E-state index contributed by atoms with van der Waals surface area (Å²) in [5.74, 6) is 0.432. The van der Waals surface area contributed by atoms with Crippen LogP contribution in [0.25, 0.3) is 11.4 Å². The number of carbonyl (C=O) groups excluding carboxylic acids is 2. The Bertz CT molecular complexity index is 1280. The molecule has 11 heteroatoms. The van der Waals surface area contributed by atoms with E-state index in [9.17, 15) is 9.59 Å². The highest BCUT2D eigenvalue weighted by atomic mass is 35.5. The second-order valence-electron chi connectivity index (χ2n) is 8.66. The molecule has 3 aromatic heterocycles. The minimum Gasteiger partial charge on any atom is -0.467 e. The number of benzene rings is 1. The maximum Gasteiger partial charge on any atom is 0.248 e. The molecule has 1 atom stereocenters. The molecule has 186 valence electrons. The molecule has 4 aromatic rings. The zero-order chi connectivity index (χ0) is 24.9. The maximum atomic E-state index is 13.7. The normalized spacial score (nSPS) is 14.6. The molecule has 5 rings (SSSR count). The SMILES string of the molecule is O=C(NC1CCCC1)C(c1cccs1)N(Cc1ccco1)C(=O)Cn1nnc(-c2ccc(Cl)cc2)n1. The fraction of sp³-hybridized carbons (Fsp3) is 0.320. The lowest BCUT2D eigenvalue weighted by molar-refractivity contribution is -0.142. The van der Waals surface area contributed by atoms with Crippen LogP contribution in [-0.2, 0) is 22.7 Å². The number of aromatic nitrogens is 4. The van der Waals surface area contributed by atoms with Crippen LogP contribution in [0.2, 0.25) is 5.02 Å². The number of nitrogens with one attached hydrogen (secondary N) is 1. The van der Waals surface area contributed by atoms with Gasteiger partial charge in [0.25, 0.3) is 0 Å². The predicted octanol–water partition coefficient (Wildman–Crippen LogP) is 4.48. The van der Waals surface area contributed by atoms with Crippen molar-refractivity contribution in [2.75, 3.05) is 0 Å². The zero-order valence-corrected chi connectivity index (χ0v) is 21.0. The number of thiophene rings is 1. The van der Waals surface area contributed by atoms with Gasteiger partial charge in [0.15, 0.2) is 0 Å². The van der Waals surface area contributed by atoms with Crippen molar-refractivity contribution in [1.29, 1.82) is 0 Å². The van der Waals surface area contributed by atoms with E-state index >= 15 is 0 Å². The molecule has 1 aliphatic rings. The molecule has 3 heterocycles. The summed E-state index contributed by atoms with van der Waals surface area (Å²) in [4.78, 5) is 30.8. The number of tetrazole rings is 1. The highest BCUT2D eigenvalue weighted by molar-refractivity contribution is 7.10. The Hall–Kier alpha value is -3.50. The van der Waals surface area contributed by atoms with E-state index in [0.29, 0.717) is 16.6 Å². The van der Waals surface area contributed by atoms with Gasteiger partial charge in [-0.3, -0.25) is 9.59 Å². The number of halogens is 1. The summed E-state index contributed by atoms with van der Waals surface area (Å²) in [6, 6.07) is 13.7. The molecule has 36 heavy (non-hydrogen) atoms. The lowest BCUT2D eigenvalue weighted by Crippen LogP contribution is -2.46. The van der Waals surface area contributed by atoms with E-state index in [0.717, 1.165) is 36.1 Å². The van der Waals surface area contributed by atoms with Crippen LogP contribution in [0.1, 0.15) is 42.4 Å². The Labute approximate surface area is 217 Å². The number of furan rings is 1. The van der Waals surface area contributed by atoms with Gasteiger partial charge in [-0.15, -0.1) is 21.5 Å². The molecule has 1 saturated carbocycles. The van der Waals surface area contributed by atoms with Gasteiger partial charge in [0, 0.05) is 21.5 Å². The first-order valence-corrected chi connectivity index (χ1v) is 13.0. The van der Waals surface area contributed by atoms with Crippen LogP contribution in [-0.4, -0.2) is 43.0 Å². The quantitative estimate of drug-likeness (QED) is 0.346. The molecule has 1 fully saturated rings. The monoisotopic (exact) mass is 524 g/mol. The highest BCUT2D eigenvalue weighted by Crippen LogP contribution is 2.29. The third-order valence-corrected chi connectivity index (χ3v) is 7.31. The smallest absolute Gasteiger partial charge is 0.248 e. The molecule has 0 aliphatic heterocycles. The van der Waals surface area contributed by atoms with Crippen molar-refractivity contribution in [3.8, 4) is 11.4 Å². The van der Waals surface area contributed by atoms with Crippen molar-refractivity contribution in [1.82, 2.24) is 30.4 Å². The van der Waals surface area contributed by atoms with Crippen LogP contribution in [0.5, 0.6) is 0 Å². The van der Waals surface area contributed by atoms with E-state index in [1.165, 1.54) is 21.0 Å². The van der Waals surface area contributed by atoms with E-state index in [1.54, 1.807) is 42.7 Å². The van der Waals surface area contributed by atoms with Crippen LogP contribution >= 0.6 is 22.9 Å². The molecule has 0 spiro atoms. The van der Waals surface area contributed by atoms with Crippen molar-refractivity contribution in [2.45, 2.75) is 50.9 Å². The summed E-state index contributed by atoms with van der Waals surface area (Å²) in [5.41, 5.74) is 0.734. The van der Waals surface area contributed by atoms with Gasteiger partial charge in [0.05, 0.1) is 12.8 Å². The average molecular weight is 525 g/mol. The minimum atomic E-state index is -0.803. The van der Waals surface area contributed by atoms with Crippen LogP contribution in [0.4, 0.5) is 0 Å². The lowest BCUT2D eigenvalue weighted by atomic mass is 10.1. The molecular formula is C25H25ClN6O3S. The molecule has 1 aliphatic carbocycles. The van der Waals surface area contributed by atoms with Crippen molar-refractivity contribution in [2.24, 2.45) is 0 Å². The van der Waals surface area contributed by atoms with Crippen molar-refractivity contribution in [3.05, 3.63) is 75.8 Å². The topological polar surface area (TPSA) is 106 Å². The maximum absolute atomic E-state index is 13.7. The van der Waals surface area contributed by atoms with E-state index in [-0.39, 0.29) is 30.9 Å². The molecule has 0 radical (unpaired) electrons. The zero-order valence-electron chi connectivity index (χ0n) is 19.4. The summed E-state index contributed by atoms with van der Waals surface area (Å²) < 4.78 is 5.53. The Morgan fingerprint density at radius 3 is 2.67 bits per heavy atom. The summed E-state index contributed by atoms with van der Waals surface area (Å²) in [6.45, 7) is -0.0505. The molecule has 1 unspecified atom stereocenters. The second-order valence-corrected chi connectivity index (χ2v) is 10.1. The Kier molecular flexibility index (Phi) is 7.43. The van der Waals surface area contributed by atoms with E-state index in [4.69, 9.17) is 16.0 Å². The Morgan fingerprint density at radius 2 is 1.97 bits per heavy atom. The van der Waals surface area contributed by atoms with Gasteiger partial charge in [-0.1, -0.05) is 30.5 Å². The Balaban J connectivity index is 1.41. The molecule has 2 amide bonds. The van der Waals surface area contributed by atoms with Crippen LogP contribution in [0.15, 0.2) is 64.6 Å². The van der Waals surface area contributed by atoms with E-state index in [2.05, 4.69) is 20.7 Å². The fourth-order valence-electron chi connectivity index (χ4n) is 4.35. The minimum absolute atomic E-state index is 0.124. The molecular weight excluding hydrogens is 500 g/mol. The number of carbonyl (C=O) groups is 2. The van der Waals surface area contributed by atoms with Gasteiger partial charge in [-0.25, -0.2) is 0 Å². The molecule has 1 N–H and O–H groups in total. The molecule has 9 nitrogen and oxygen atoms in total. The van der Waals surface area contributed by atoms with E-state index < -0.39 is 6.04 Å². The Morgan fingerprint density at radius 1 is 1.17 bits per heavy atom. The van der Waals surface area contributed by atoms with Gasteiger partial charge in [0.2, 0.25) is 17.6 Å². The summed E-state index contributed by atoms with van der Waals surface area (Å²) >= 11 is 7.40. The van der Waals surface area contributed by atoms with Crippen molar-refractivity contribution in [3.63, 3.8) is 0 Å². The van der Waals surface area contributed by atoms with Gasteiger partial charge in [0.1, 0.15) is 18.3 Å². The summed E-state index contributed by atoms with van der Waals surface area (Å²) in [5, 5.41) is 18.2. The lowest BCUT2D eigenvalue weighted by Gasteiger charge is -2.30. The van der Waals surface area contributed by atoms with E-state index in [1.807, 2.05) is 17.5 Å². The molecule has 1 aromatic carbocycles. The number of amides is 2. The first-order chi connectivity index (χ1) is 17.6. The van der Waals surface area contributed by atoms with Crippen LogP contribution < -0.4 is 5.32 Å². The summed E-state index contributed by atoms with van der Waals surface area (Å²) in [7, 11) is 0. The number of rotatable bonds is 9. The second kappa shape index (κ2) is 11.0. The largest absolute Gasteiger partial charge is 0.467 e. The molecule has 0 bridgehead atoms. The van der Waals surface area contributed by atoms with Gasteiger partial charge < -0.3 is 14.6 Å². The summed E-state index contributed by atoms with van der Waals surface area (Å²) in [6.07, 6.45) is 5.64. The average Bonchev–Trinajstić information content (AvgIpc) is 3.68. The van der Waals surface area contributed by atoms with Crippen molar-refractivity contribution >= 4 is 34.8 Å². The third kappa shape index (κ3) is 5.66. The first-order valence-electron chi connectivity index (χ1n) is 11.8. The van der Waals surface area contributed by atoms with Crippen molar-refractivity contribution < 1.29 is 14.0 Å². The standard InChI is InChI=1S/C25H25ClN6O3S/c26-18-11-9-17(10-12-18)24-28-30-32(29-24)16-22(33)31(15-20-7-3-13-35-20)23(21-8-4-14-36-21)25(34)27-19-5-1-2-6-19/h3-4,7-14,19,23H,1-2,5-6,15-16H2,(H,27,34). The van der Waals surface area contributed by atoms with Crippen LogP contribution in [0, 0.1) is 0 Å². The predicted molar refractivity (Wildman–Crippen MR) is 135 cm³/mol. The van der Waals surface area contributed by atoms with Crippen LogP contribution in [0.3, 0.4) is 0 Å². The molecule has 0 saturated heterocycles. The van der Waals surface area contributed by atoms with Gasteiger partial charge >= 0.3 is 0 Å². The number of nitrogens with zero attached hydrogens (tertiary/aromatic N) is 5. The third-order valence-electron chi connectivity index (χ3n) is 6.13. The fourth-order valence-corrected chi connectivity index (χ4v) is 5.31. The number of hydrogen-bond acceptors (Lipinski definition) is 7. The van der Waals surface area contributed by atoms with Gasteiger partial charge in [-0.05, 0) is 65.9 Å². The first kappa shape index (κ1) is 24.2. The highest BCUT2D eigenvalue weighted by Gasteiger charge is 2.34.